The first-order valence-corrected chi connectivity index (χ1v) is 5.99. The van der Waals surface area contributed by atoms with Crippen molar-refractivity contribution in [3.05, 3.63) is 0 Å². The smallest absolute Gasteiger partial charge is 0.426 e. The number of ether oxygens (including phenoxy) is 2. The van der Waals surface area contributed by atoms with Crippen molar-refractivity contribution in [2.45, 2.75) is 12.4 Å². The zero-order valence-electron chi connectivity index (χ0n) is 10.2. The summed E-state index contributed by atoms with van der Waals surface area (Å²) in [6, 6.07) is 0. The minimum Gasteiger partial charge on any atom is -0.439 e. The van der Waals surface area contributed by atoms with E-state index in [-0.39, 0.29) is 4.90 Å². The second-order valence-electron chi connectivity index (χ2n) is 3.18. The highest BCUT2D eigenvalue weighted by Gasteiger charge is 2.37. The molecule has 0 unspecified atom stereocenters. The lowest BCUT2D eigenvalue weighted by atomic mass is 10.7. The summed E-state index contributed by atoms with van der Waals surface area (Å²) >= 11 is 0.401. The van der Waals surface area contributed by atoms with Crippen LogP contribution >= 0.6 is 11.8 Å². The van der Waals surface area contributed by atoms with E-state index in [1.54, 1.807) is 0 Å². The molecule has 0 rings (SSSR count). The van der Waals surface area contributed by atoms with Crippen LogP contribution in [0.5, 0.6) is 0 Å². The first kappa shape index (κ1) is 19.3. The Hall–Kier alpha value is -1.66. The molecule has 0 atom stereocenters. The molecule has 0 fully saturated rings. The lowest BCUT2D eigenvalue weighted by Crippen LogP contribution is -2.42. The van der Waals surface area contributed by atoms with Gasteiger partial charge >= 0.3 is 24.5 Å². The van der Waals surface area contributed by atoms with Gasteiger partial charge in [0, 0.05) is 0 Å². The quantitative estimate of drug-likeness (QED) is 0.474. The topological polar surface area (TPSA) is 79.7 Å². The van der Waals surface area contributed by atoms with Crippen molar-refractivity contribution in [2.75, 3.05) is 19.5 Å². The number of amides is 2. The molecule has 0 aliphatic carbocycles. The highest BCUT2D eigenvalue weighted by atomic mass is 32.2. The Kier molecular flexibility index (Phi) is 6.79. The summed E-state index contributed by atoms with van der Waals surface area (Å²) in [5, 5.41) is 6.19. The number of carbonyl (C=O) groups excluding carboxylic acids is 2. The number of alkyl halides is 6. The van der Waals surface area contributed by atoms with Gasteiger partial charge in [-0.05, 0) is 6.26 Å². The van der Waals surface area contributed by atoms with Crippen LogP contribution in [-0.2, 0) is 9.47 Å². The van der Waals surface area contributed by atoms with Crippen LogP contribution < -0.4 is 0 Å². The molecule has 0 aliphatic heterocycles. The SMILES string of the molecule is CSC(=N)N(C(=O)OCC(F)(F)F)C(=O)OCC(F)(F)F. The second kappa shape index (κ2) is 7.38. The molecule has 0 saturated heterocycles. The monoisotopic (exact) mass is 342 g/mol. The Bertz CT molecular complexity index is 381. The number of nitrogens with one attached hydrogen (secondary N) is 1. The minimum atomic E-state index is -4.90. The van der Waals surface area contributed by atoms with E-state index >= 15 is 0 Å². The third-order valence-electron chi connectivity index (χ3n) is 1.48. The fraction of sp³-hybridized carbons (Fsp3) is 0.625. The van der Waals surface area contributed by atoms with Gasteiger partial charge < -0.3 is 9.47 Å². The van der Waals surface area contributed by atoms with Crippen LogP contribution in [-0.4, -0.2) is 54.1 Å². The van der Waals surface area contributed by atoms with Gasteiger partial charge in [0.15, 0.2) is 18.4 Å². The van der Waals surface area contributed by atoms with Gasteiger partial charge in [-0.3, -0.25) is 5.41 Å². The number of halogens is 6. The summed E-state index contributed by atoms with van der Waals surface area (Å²) in [5.41, 5.74) is 0. The third kappa shape index (κ3) is 8.27. The Balaban J connectivity index is 4.83. The van der Waals surface area contributed by atoms with E-state index in [1.165, 1.54) is 0 Å². The van der Waals surface area contributed by atoms with Crippen LogP contribution in [0.4, 0.5) is 35.9 Å². The molecular formula is C8H8F6N2O4S. The van der Waals surface area contributed by atoms with E-state index in [1.807, 2.05) is 0 Å². The minimum absolute atomic E-state index is 0.387. The van der Waals surface area contributed by atoms with Gasteiger partial charge in [0.25, 0.3) is 0 Å². The summed E-state index contributed by atoms with van der Waals surface area (Å²) in [6.07, 6.45) is -12.6. The van der Waals surface area contributed by atoms with Crippen molar-refractivity contribution in [3.63, 3.8) is 0 Å². The van der Waals surface area contributed by atoms with Crippen molar-refractivity contribution >= 4 is 29.1 Å². The van der Waals surface area contributed by atoms with Gasteiger partial charge in [0.2, 0.25) is 0 Å². The molecule has 0 aliphatic rings. The lowest BCUT2D eigenvalue weighted by molar-refractivity contribution is -0.164. The van der Waals surface area contributed by atoms with Crippen molar-refractivity contribution < 1.29 is 45.4 Å². The van der Waals surface area contributed by atoms with Gasteiger partial charge in [0.05, 0.1) is 0 Å². The zero-order chi connectivity index (χ0) is 16.8. The Morgan fingerprint density at radius 3 is 1.57 bits per heavy atom. The number of carbonyl (C=O) groups is 2. The third-order valence-corrected chi connectivity index (χ3v) is 2.05. The summed E-state index contributed by atoms with van der Waals surface area (Å²) < 4.78 is 78.4. The summed E-state index contributed by atoms with van der Waals surface area (Å²) in [7, 11) is 0. The van der Waals surface area contributed by atoms with Gasteiger partial charge in [-0.15, -0.1) is 0 Å². The van der Waals surface area contributed by atoms with Gasteiger partial charge in [-0.2, -0.15) is 31.2 Å². The molecule has 1 N–H and O–H groups in total. The van der Waals surface area contributed by atoms with Gasteiger partial charge in [-0.25, -0.2) is 9.59 Å². The molecule has 0 bridgehead atoms. The van der Waals surface area contributed by atoms with Gasteiger partial charge in [0.1, 0.15) is 0 Å². The molecule has 0 radical (unpaired) electrons. The van der Waals surface area contributed by atoms with Crippen molar-refractivity contribution in [1.29, 1.82) is 5.41 Å². The largest absolute Gasteiger partial charge is 0.439 e. The zero-order valence-corrected chi connectivity index (χ0v) is 11.0. The van der Waals surface area contributed by atoms with Crippen molar-refractivity contribution in [1.82, 2.24) is 4.90 Å². The molecule has 21 heavy (non-hydrogen) atoms. The van der Waals surface area contributed by atoms with Gasteiger partial charge in [-0.1, -0.05) is 11.8 Å². The molecule has 6 nitrogen and oxygen atoms in total. The predicted octanol–water partition coefficient (Wildman–Crippen LogP) is 2.98. The molecule has 13 heteroatoms. The number of thioether (sulfide) groups is 1. The van der Waals surface area contributed by atoms with Crippen LogP contribution in [0.1, 0.15) is 0 Å². The number of imide groups is 1. The van der Waals surface area contributed by atoms with E-state index in [4.69, 9.17) is 5.41 Å². The standard InChI is InChI=1S/C8H8F6N2O4S/c1-21-4(15)16(5(17)19-2-7(9,10)11)6(18)20-3-8(12,13)14/h15H,2-3H2,1H3. The molecule has 2 amide bonds. The van der Waals surface area contributed by atoms with E-state index in [9.17, 15) is 35.9 Å². The molecular weight excluding hydrogens is 334 g/mol. The molecule has 0 aromatic rings. The first-order valence-electron chi connectivity index (χ1n) is 4.77. The fourth-order valence-electron chi connectivity index (χ4n) is 0.748. The van der Waals surface area contributed by atoms with Crippen molar-refractivity contribution in [3.8, 4) is 0 Å². The number of nitrogens with zero attached hydrogens (tertiary/aromatic N) is 1. The Morgan fingerprint density at radius 1 is 1.00 bits per heavy atom. The number of amidine groups is 1. The maximum absolute atomic E-state index is 11.8. The van der Waals surface area contributed by atoms with Crippen LogP contribution in [0, 0.1) is 5.41 Å². The van der Waals surface area contributed by atoms with Crippen LogP contribution in [0.3, 0.4) is 0 Å². The average molecular weight is 342 g/mol. The molecule has 0 heterocycles. The molecule has 122 valence electrons. The van der Waals surface area contributed by atoms with Crippen LogP contribution in [0.2, 0.25) is 0 Å². The first-order chi connectivity index (χ1) is 9.37. The number of rotatable bonds is 2. The predicted molar refractivity (Wildman–Crippen MR) is 57.9 cm³/mol. The van der Waals surface area contributed by atoms with E-state index < -0.39 is 42.9 Å². The highest BCUT2D eigenvalue weighted by molar-refractivity contribution is 8.13. The van der Waals surface area contributed by atoms with E-state index in [0.29, 0.717) is 11.8 Å². The fourth-order valence-corrected chi connectivity index (χ4v) is 1.08. The average Bonchev–Trinajstić information content (AvgIpc) is 2.32. The van der Waals surface area contributed by atoms with E-state index in [0.717, 1.165) is 6.26 Å². The number of hydrogen-bond acceptors (Lipinski definition) is 6. The molecule has 0 spiro atoms. The normalized spacial score (nSPS) is 11.8. The molecule has 0 aromatic heterocycles. The Morgan fingerprint density at radius 2 is 1.33 bits per heavy atom. The number of hydrogen-bond donors (Lipinski definition) is 1. The maximum Gasteiger partial charge on any atom is 0.426 e. The molecule has 0 aromatic carbocycles. The maximum atomic E-state index is 11.8. The lowest BCUT2D eigenvalue weighted by Gasteiger charge is -2.20. The molecule has 0 saturated carbocycles. The summed E-state index contributed by atoms with van der Waals surface area (Å²) in [4.78, 5) is 22.1. The second-order valence-corrected chi connectivity index (χ2v) is 3.98. The summed E-state index contributed by atoms with van der Waals surface area (Å²) in [6.45, 7) is -4.15. The van der Waals surface area contributed by atoms with Crippen LogP contribution in [0.25, 0.3) is 0 Å². The van der Waals surface area contributed by atoms with Crippen molar-refractivity contribution in [2.24, 2.45) is 0 Å². The highest BCUT2D eigenvalue weighted by Crippen LogP contribution is 2.18. The van der Waals surface area contributed by atoms with Crippen LogP contribution in [0.15, 0.2) is 0 Å². The Labute approximate surface area is 117 Å². The van der Waals surface area contributed by atoms with E-state index in [2.05, 4.69) is 9.47 Å². The summed E-state index contributed by atoms with van der Waals surface area (Å²) in [5.74, 6) is 0.